The first-order valence-corrected chi connectivity index (χ1v) is 8.59. The summed E-state index contributed by atoms with van der Waals surface area (Å²) in [6.45, 7) is 9.24. The highest BCUT2D eigenvalue weighted by molar-refractivity contribution is 7.09. The number of aromatic nitrogens is 1. The predicted molar refractivity (Wildman–Crippen MR) is 83.5 cm³/mol. The van der Waals surface area contributed by atoms with Crippen LogP contribution in [-0.4, -0.2) is 11.0 Å². The van der Waals surface area contributed by atoms with Gasteiger partial charge >= 0.3 is 0 Å². The van der Waals surface area contributed by atoms with Crippen molar-refractivity contribution >= 4 is 11.3 Å². The molecule has 0 amide bonds. The average molecular weight is 280 g/mol. The molecule has 2 nitrogen and oxygen atoms in total. The molecule has 2 rings (SSSR count). The van der Waals surface area contributed by atoms with Crippen molar-refractivity contribution in [2.75, 3.05) is 0 Å². The lowest BCUT2D eigenvalue weighted by Gasteiger charge is -2.34. The lowest BCUT2D eigenvalue weighted by Crippen LogP contribution is -2.45. The third-order valence-corrected chi connectivity index (χ3v) is 5.45. The van der Waals surface area contributed by atoms with Crippen molar-refractivity contribution in [1.29, 1.82) is 0 Å². The third-order valence-electron chi connectivity index (χ3n) is 4.47. The van der Waals surface area contributed by atoms with Crippen molar-refractivity contribution in [2.24, 2.45) is 11.8 Å². The van der Waals surface area contributed by atoms with E-state index < -0.39 is 0 Å². The molecule has 0 aliphatic heterocycles. The van der Waals surface area contributed by atoms with Gasteiger partial charge in [0.2, 0.25) is 0 Å². The summed E-state index contributed by atoms with van der Waals surface area (Å²) in [4.78, 5) is 4.63. The Morgan fingerprint density at radius 1 is 1.26 bits per heavy atom. The Morgan fingerprint density at radius 3 is 2.63 bits per heavy atom. The van der Waals surface area contributed by atoms with Gasteiger partial charge in [-0.1, -0.05) is 26.7 Å². The van der Waals surface area contributed by atoms with Crippen LogP contribution in [0.2, 0.25) is 0 Å². The zero-order valence-electron chi connectivity index (χ0n) is 12.8. The largest absolute Gasteiger partial charge is 0.303 e. The minimum Gasteiger partial charge on any atom is -0.303 e. The van der Waals surface area contributed by atoms with Gasteiger partial charge in [-0.15, -0.1) is 11.3 Å². The number of rotatable bonds is 4. The normalized spacial score (nSPS) is 28.8. The number of nitrogens with one attached hydrogen (secondary N) is 1. The van der Waals surface area contributed by atoms with E-state index in [2.05, 4.69) is 43.4 Å². The maximum atomic E-state index is 4.63. The monoisotopic (exact) mass is 280 g/mol. The molecule has 1 heterocycles. The van der Waals surface area contributed by atoms with Crippen LogP contribution in [0.15, 0.2) is 11.6 Å². The summed E-state index contributed by atoms with van der Waals surface area (Å²) in [7, 11) is 0. The quantitative estimate of drug-likeness (QED) is 0.817. The van der Waals surface area contributed by atoms with Gasteiger partial charge < -0.3 is 5.32 Å². The van der Waals surface area contributed by atoms with Gasteiger partial charge in [0, 0.05) is 17.6 Å². The molecule has 3 heteroatoms. The molecule has 0 bridgehead atoms. The van der Waals surface area contributed by atoms with Crippen molar-refractivity contribution in [3.05, 3.63) is 16.6 Å². The first-order chi connectivity index (χ1) is 9.03. The van der Waals surface area contributed by atoms with Crippen molar-refractivity contribution in [1.82, 2.24) is 10.3 Å². The number of nitrogens with zero attached hydrogens (tertiary/aromatic N) is 1. The Kier molecular flexibility index (Phi) is 5.02. The van der Waals surface area contributed by atoms with Crippen LogP contribution in [0.3, 0.4) is 0 Å². The molecule has 1 fully saturated rings. The molecule has 0 saturated heterocycles. The molecule has 19 heavy (non-hydrogen) atoms. The standard InChI is InChI=1S/C16H28N2S/c1-12(2)14-6-5-8-16(9-7-14,18-13(3)4)15-17-10-11-19-15/h10-14,18H,5-9H2,1-4H3. The van der Waals surface area contributed by atoms with E-state index in [1.54, 1.807) is 0 Å². The van der Waals surface area contributed by atoms with Crippen LogP contribution in [0.25, 0.3) is 0 Å². The van der Waals surface area contributed by atoms with Gasteiger partial charge in [0.25, 0.3) is 0 Å². The molecule has 1 aromatic heterocycles. The van der Waals surface area contributed by atoms with Gasteiger partial charge in [-0.25, -0.2) is 4.98 Å². The van der Waals surface area contributed by atoms with E-state index in [9.17, 15) is 0 Å². The van der Waals surface area contributed by atoms with Crippen LogP contribution >= 0.6 is 11.3 Å². The second-order valence-corrected chi connectivity index (χ2v) is 7.55. The summed E-state index contributed by atoms with van der Waals surface area (Å²) in [5, 5.41) is 7.26. The zero-order chi connectivity index (χ0) is 13.9. The summed E-state index contributed by atoms with van der Waals surface area (Å²) >= 11 is 1.82. The molecular formula is C16H28N2S. The van der Waals surface area contributed by atoms with E-state index in [4.69, 9.17) is 0 Å². The molecular weight excluding hydrogens is 252 g/mol. The number of hydrogen-bond acceptors (Lipinski definition) is 3. The molecule has 1 saturated carbocycles. The maximum absolute atomic E-state index is 4.63. The lowest BCUT2D eigenvalue weighted by atomic mass is 9.86. The summed E-state index contributed by atoms with van der Waals surface area (Å²) < 4.78 is 0. The first kappa shape index (κ1) is 15.0. The van der Waals surface area contributed by atoms with Crippen LogP contribution in [-0.2, 0) is 5.54 Å². The maximum Gasteiger partial charge on any atom is 0.113 e. The van der Waals surface area contributed by atoms with Crippen LogP contribution in [0.1, 0.15) is 64.8 Å². The molecule has 1 N–H and O–H groups in total. The van der Waals surface area contributed by atoms with Gasteiger partial charge in [0.1, 0.15) is 5.01 Å². The lowest BCUT2D eigenvalue weighted by molar-refractivity contribution is 0.256. The number of hydrogen-bond donors (Lipinski definition) is 1. The summed E-state index contributed by atoms with van der Waals surface area (Å²) in [6.07, 6.45) is 8.46. The highest BCUT2D eigenvalue weighted by atomic mass is 32.1. The molecule has 1 aliphatic carbocycles. The fourth-order valence-electron chi connectivity index (χ4n) is 3.47. The van der Waals surface area contributed by atoms with E-state index in [0.29, 0.717) is 6.04 Å². The SMILES string of the molecule is CC(C)NC1(c2nccs2)CCCC(C(C)C)CC1. The second kappa shape index (κ2) is 6.36. The smallest absolute Gasteiger partial charge is 0.113 e. The Morgan fingerprint density at radius 2 is 2.05 bits per heavy atom. The van der Waals surface area contributed by atoms with E-state index >= 15 is 0 Å². The minimum atomic E-state index is 0.131. The Hall–Kier alpha value is -0.410. The molecule has 1 aromatic rings. The first-order valence-electron chi connectivity index (χ1n) is 7.71. The van der Waals surface area contributed by atoms with Crippen molar-refractivity contribution < 1.29 is 0 Å². The molecule has 0 spiro atoms. The fraction of sp³-hybridized carbons (Fsp3) is 0.812. The highest BCUT2D eigenvalue weighted by Gasteiger charge is 2.37. The molecule has 2 unspecified atom stereocenters. The van der Waals surface area contributed by atoms with E-state index in [1.165, 1.54) is 37.1 Å². The highest BCUT2D eigenvalue weighted by Crippen LogP contribution is 2.40. The molecule has 1 aliphatic rings. The van der Waals surface area contributed by atoms with Crippen molar-refractivity contribution in [3.8, 4) is 0 Å². The Labute approximate surface area is 122 Å². The topological polar surface area (TPSA) is 24.9 Å². The fourth-order valence-corrected chi connectivity index (χ4v) is 4.33. The summed E-state index contributed by atoms with van der Waals surface area (Å²) in [5.74, 6) is 1.70. The average Bonchev–Trinajstić information content (AvgIpc) is 2.78. The Bertz CT molecular complexity index is 372. The van der Waals surface area contributed by atoms with Crippen LogP contribution in [0.4, 0.5) is 0 Å². The number of thiazole rings is 1. The van der Waals surface area contributed by atoms with Crippen LogP contribution in [0, 0.1) is 11.8 Å². The molecule has 2 atom stereocenters. The van der Waals surface area contributed by atoms with Crippen molar-refractivity contribution in [3.63, 3.8) is 0 Å². The van der Waals surface area contributed by atoms with Gasteiger partial charge in [-0.05, 0) is 44.9 Å². The minimum absolute atomic E-state index is 0.131. The summed E-state index contributed by atoms with van der Waals surface area (Å²) in [6, 6.07) is 0.513. The molecule has 0 aromatic carbocycles. The van der Waals surface area contributed by atoms with Crippen LogP contribution in [0.5, 0.6) is 0 Å². The molecule has 0 radical (unpaired) electrons. The Balaban J connectivity index is 2.19. The summed E-state index contributed by atoms with van der Waals surface area (Å²) in [5.41, 5.74) is 0.131. The van der Waals surface area contributed by atoms with E-state index in [0.717, 1.165) is 11.8 Å². The van der Waals surface area contributed by atoms with Crippen molar-refractivity contribution in [2.45, 2.75) is 71.4 Å². The van der Waals surface area contributed by atoms with Gasteiger partial charge in [-0.3, -0.25) is 0 Å². The molecule has 108 valence electrons. The second-order valence-electron chi connectivity index (χ2n) is 6.65. The van der Waals surface area contributed by atoms with Gasteiger partial charge in [0.15, 0.2) is 0 Å². The zero-order valence-corrected chi connectivity index (χ0v) is 13.6. The van der Waals surface area contributed by atoms with E-state index in [1.807, 2.05) is 17.5 Å². The van der Waals surface area contributed by atoms with Gasteiger partial charge in [0.05, 0.1) is 5.54 Å². The third kappa shape index (κ3) is 3.57. The predicted octanol–water partition coefficient (Wildman–Crippen LogP) is 4.57. The van der Waals surface area contributed by atoms with Crippen LogP contribution < -0.4 is 5.32 Å². The van der Waals surface area contributed by atoms with E-state index in [-0.39, 0.29) is 5.54 Å². The van der Waals surface area contributed by atoms with Gasteiger partial charge in [-0.2, -0.15) is 0 Å².